The Morgan fingerprint density at radius 1 is 1.22 bits per heavy atom. The van der Waals surface area contributed by atoms with E-state index in [9.17, 15) is 9.50 Å². The van der Waals surface area contributed by atoms with Crippen LogP contribution in [0.2, 0.25) is 5.02 Å². The first-order valence-corrected chi connectivity index (χ1v) is 7.96. The summed E-state index contributed by atoms with van der Waals surface area (Å²) in [5.74, 6) is -0.0200. The number of hydrogen-bond acceptors (Lipinski definition) is 5. The zero-order chi connectivity index (χ0) is 16.4. The molecule has 3 rings (SSSR count). The fourth-order valence-corrected chi connectivity index (χ4v) is 2.87. The highest BCUT2D eigenvalue weighted by molar-refractivity contribution is 7.99. The second kappa shape index (κ2) is 6.70. The van der Waals surface area contributed by atoms with Crippen LogP contribution in [0.4, 0.5) is 4.39 Å². The van der Waals surface area contributed by atoms with Crippen LogP contribution in [0.1, 0.15) is 18.7 Å². The molecule has 0 radical (unpaired) electrons. The van der Waals surface area contributed by atoms with Crippen LogP contribution in [0.25, 0.3) is 11.5 Å². The number of hydrogen-bond donors (Lipinski definition) is 1. The maximum atomic E-state index is 13.0. The van der Waals surface area contributed by atoms with Gasteiger partial charge in [-0.3, -0.25) is 0 Å². The monoisotopic (exact) mass is 350 g/mol. The maximum absolute atomic E-state index is 13.0. The first-order chi connectivity index (χ1) is 11.0. The molecule has 2 heterocycles. The largest absolute Gasteiger partial charge is 0.429 e. The van der Waals surface area contributed by atoms with Gasteiger partial charge in [0.15, 0.2) is 5.09 Å². The van der Waals surface area contributed by atoms with Gasteiger partial charge in [-0.15, -0.1) is 0 Å². The van der Waals surface area contributed by atoms with Crippen molar-refractivity contribution in [3.05, 3.63) is 59.1 Å². The molecule has 1 atom stereocenters. The van der Waals surface area contributed by atoms with E-state index in [2.05, 4.69) is 9.97 Å². The van der Waals surface area contributed by atoms with E-state index in [1.165, 1.54) is 30.1 Å². The summed E-state index contributed by atoms with van der Waals surface area (Å²) >= 11 is 7.05. The molecule has 7 heteroatoms. The summed E-state index contributed by atoms with van der Waals surface area (Å²) in [7, 11) is 0. The average molecular weight is 351 g/mol. The number of rotatable bonds is 4. The topological polar surface area (TPSA) is 59.2 Å². The van der Waals surface area contributed by atoms with E-state index >= 15 is 0 Å². The van der Waals surface area contributed by atoms with Crippen molar-refractivity contribution in [3.63, 3.8) is 0 Å². The molecule has 118 valence electrons. The minimum Gasteiger partial charge on any atom is -0.429 e. The molecule has 23 heavy (non-hydrogen) atoms. The van der Waals surface area contributed by atoms with E-state index in [-0.39, 0.29) is 5.82 Å². The van der Waals surface area contributed by atoms with Crippen LogP contribution >= 0.6 is 23.4 Å². The summed E-state index contributed by atoms with van der Waals surface area (Å²) < 4.78 is 18.8. The Morgan fingerprint density at radius 3 is 2.57 bits per heavy atom. The number of aromatic nitrogens is 2. The first kappa shape index (κ1) is 16.0. The van der Waals surface area contributed by atoms with E-state index in [0.717, 1.165) is 0 Å². The van der Waals surface area contributed by atoms with Gasteiger partial charge in [0.05, 0.1) is 11.1 Å². The van der Waals surface area contributed by atoms with Crippen molar-refractivity contribution in [2.75, 3.05) is 0 Å². The molecular weight excluding hydrogens is 339 g/mol. The van der Waals surface area contributed by atoms with E-state index in [0.29, 0.717) is 32.3 Å². The lowest BCUT2D eigenvalue weighted by Gasteiger charge is -2.02. The number of aliphatic hydroxyl groups is 1. The maximum Gasteiger partial charge on any atom is 0.227 e. The minimum atomic E-state index is -0.803. The summed E-state index contributed by atoms with van der Waals surface area (Å²) in [6.07, 6.45) is 0.728. The third kappa shape index (κ3) is 3.72. The van der Waals surface area contributed by atoms with Crippen LogP contribution in [-0.4, -0.2) is 15.1 Å². The molecule has 2 aromatic heterocycles. The van der Waals surface area contributed by atoms with Gasteiger partial charge in [0.2, 0.25) is 5.89 Å². The Balaban J connectivity index is 1.95. The van der Waals surface area contributed by atoms with Crippen LogP contribution in [0.15, 0.2) is 57.1 Å². The van der Waals surface area contributed by atoms with Crippen LogP contribution in [0.3, 0.4) is 0 Å². The van der Waals surface area contributed by atoms with Crippen molar-refractivity contribution in [1.29, 1.82) is 0 Å². The fourth-order valence-electron chi connectivity index (χ4n) is 1.89. The zero-order valence-corrected chi connectivity index (χ0v) is 13.6. The minimum absolute atomic E-state index is 0.317. The molecule has 1 N–H and O–H groups in total. The Kier molecular flexibility index (Phi) is 4.66. The second-order valence-electron chi connectivity index (χ2n) is 4.79. The third-order valence-electron chi connectivity index (χ3n) is 3.00. The van der Waals surface area contributed by atoms with Gasteiger partial charge >= 0.3 is 0 Å². The van der Waals surface area contributed by atoms with Crippen molar-refractivity contribution in [1.82, 2.24) is 9.97 Å². The van der Waals surface area contributed by atoms with Crippen LogP contribution in [0.5, 0.6) is 0 Å². The number of pyridine rings is 1. The quantitative estimate of drug-likeness (QED) is 0.736. The number of oxazole rings is 1. The lowest BCUT2D eigenvalue weighted by atomic mass is 10.2. The zero-order valence-electron chi connectivity index (χ0n) is 12.0. The molecule has 0 aliphatic heterocycles. The van der Waals surface area contributed by atoms with E-state index in [1.54, 1.807) is 31.2 Å². The Bertz CT molecular complexity index is 804. The van der Waals surface area contributed by atoms with Crippen molar-refractivity contribution in [2.45, 2.75) is 23.1 Å². The predicted molar refractivity (Wildman–Crippen MR) is 85.9 cm³/mol. The molecule has 0 aliphatic carbocycles. The van der Waals surface area contributed by atoms with Gasteiger partial charge in [-0.05, 0) is 55.1 Å². The Morgan fingerprint density at radius 2 is 1.96 bits per heavy atom. The molecule has 0 spiro atoms. The van der Waals surface area contributed by atoms with E-state index in [1.807, 2.05) is 0 Å². The van der Waals surface area contributed by atoms with Crippen molar-refractivity contribution < 1.29 is 13.9 Å². The predicted octanol–water partition coefficient (Wildman–Crippen LogP) is 4.73. The molecule has 0 aliphatic rings. The SMILES string of the molecule is CC(O)c1nc(-c2ccc(F)cc2)oc1Sc1ccc(Cl)cn1. The molecule has 0 saturated heterocycles. The standard InChI is InChI=1S/C16H12ClFN2O2S/c1-9(21)14-16(23-13-7-4-11(17)8-19-13)22-15(20-14)10-2-5-12(18)6-3-10/h2-9,21H,1H3. The third-order valence-corrected chi connectivity index (χ3v) is 4.16. The van der Waals surface area contributed by atoms with Crippen molar-refractivity contribution >= 4 is 23.4 Å². The molecule has 0 saturated carbocycles. The molecule has 1 aromatic carbocycles. The summed E-state index contributed by atoms with van der Waals surface area (Å²) in [4.78, 5) is 8.49. The molecule has 4 nitrogen and oxygen atoms in total. The Labute approximate surface area is 141 Å². The fraction of sp³-hybridized carbons (Fsp3) is 0.125. The normalized spacial score (nSPS) is 12.3. The molecule has 0 amide bonds. The van der Waals surface area contributed by atoms with E-state index in [4.69, 9.17) is 16.0 Å². The number of halogens is 2. The van der Waals surface area contributed by atoms with Gasteiger partial charge in [0.25, 0.3) is 0 Å². The van der Waals surface area contributed by atoms with Gasteiger partial charge in [0, 0.05) is 11.8 Å². The van der Waals surface area contributed by atoms with Crippen LogP contribution < -0.4 is 0 Å². The number of aliphatic hydroxyl groups excluding tert-OH is 1. The van der Waals surface area contributed by atoms with Gasteiger partial charge in [-0.25, -0.2) is 14.4 Å². The average Bonchev–Trinajstić information content (AvgIpc) is 2.94. The molecule has 0 bridgehead atoms. The van der Waals surface area contributed by atoms with Crippen molar-refractivity contribution in [2.24, 2.45) is 0 Å². The summed E-state index contributed by atoms with van der Waals surface area (Å²) in [5.41, 5.74) is 1.04. The second-order valence-corrected chi connectivity index (χ2v) is 6.22. The summed E-state index contributed by atoms with van der Waals surface area (Å²) in [5, 5.41) is 11.5. The van der Waals surface area contributed by atoms with Crippen LogP contribution in [-0.2, 0) is 0 Å². The van der Waals surface area contributed by atoms with Crippen LogP contribution in [0, 0.1) is 5.82 Å². The lowest BCUT2D eigenvalue weighted by molar-refractivity contribution is 0.189. The highest BCUT2D eigenvalue weighted by Crippen LogP contribution is 2.36. The van der Waals surface area contributed by atoms with Crippen molar-refractivity contribution in [3.8, 4) is 11.5 Å². The molecule has 3 aromatic rings. The summed E-state index contributed by atoms with van der Waals surface area (Å²) in [6.45, 7) is 1.60. The van der Waals surface area contributed by atoms with Gasteiger partial charge in [-0.2, -0.15) is 0 Å². The summed E-state index contributed by atoms with van der Waals surface area (Å²) in [6, 6.07) is 9.27. The number of nitrogens with zero attached hydrogens (tertiary/aromatic N) is 2. The Hall–Kier alpha value is -1.89. The smallest absolute Gasteiger partial charge is 0.227 e. The highest BCUT2D eigenvalue weighted by atomic mass is 35.5. The lowest BCUT2D eigenvalue weighted by Crippen LogP contribution is -1.93. The van der Waals surface area contributed by atoms with Gasteiger partial charge in [0.1, 0.15) is 16.5 Å². The number of benzene rings is 1. The van der Waals surface area contributed by atoms with E-state index < -0.39 is 6.10 Å². The first-order valence-electron chi connectivity index (χ1n) is 6.77. The highest BCUT2D eigenvalue weighted by Gasteiger charge is 2.20. The molecule has 0 fully saturated rings. The van der Waals surface area contributed by atoms with Gasteiger partial charge < -0.3 is 9.52 Å². The van der Waals surface area contributed by atoms with Gasteiger partial charge in [-0.1, -0.05) is 11.6 Å². The molecular formula is C16H12ClFN2O2S. The molecule has 1 unspecified atom stereocenters.